The molecule has 1 aromatic rings. The monoisotopic (exact) mass is 285 g/mol. The van der Waals surface area contributed by atoms with E-state index in [1.165, 1.54) is 12.1 Å². The summed E-state index contributed by atoms with van der Waals surface area (Å²) in [7, 11) is -3.72. The molecule has 1 saturated carbocycles. The first-order valence-electron chi connectivity index (χ1n) is 6.23. The van der Waals surface area contributed by atoms with Gasteiger partial charge in [-0.3, -0.25) is 0 Å². The number of benzene rings is 1. The smallest absolute Gasteiger partial charge is 0.238 e. The Hall–Kier alpha value is -1.31. The van der Waals surface area contributed by atoms with Crippen LogP contribution in [0.1, 0.15) is 25.7 Å². The third kappa shape index (κ3) is 3.59. The molecule has 7 heteroatoms. The summed E-state index contributed by atoms with van der Waals surface area (Å²) in [6, 6.07) is 4.67. The Bertz CT molecular complexity index is 551. The fraction of sp³-hybridized carbons (Fsp3) is 0.500. The molecule has 19 heavy (non-hydrogen) atoms. The number of rotatable bonds is 3. The molecule has 0 unspecified atom stereocenters. The Morgan fingerprint density at radius 1 is 1.21 bits per heavy atom. The largest absolute Gasteiger partial charge is 0.397 e. The number of primary sulfonamides is 1. The lowest BCUT2D eigenvalue weighted by Crippen LogP contribution is -2.28. The van der Waals surface area contributed by atoms with Crippen LogP contribution in [-0.2, 0) is 10.0 Å². The van der Waals surface area contributed by atoms with Gasteiger partial charge in [-0.25, -0.2) is 13.6 Å². The third-order valence-corrected chi connectivity index (χ3v) is 4.32. The van der Waals surface area contributed by atoms with Gasteiger partial charge >= 0.3 is 0 Å². The van der Waals surface area contributed by atoms with Gasteiger partial charge in [0.15, 0.2) is 0 Å². The highest BCUT2D eigenvalue weighted by atomic mass is 32.2. The molecule has 0 spiro atoms. The van der Waals surface area contributed by atoms with Gasteiger partial charge in [-0.05, 0) is 43.9 Å². The van der Waals surface area contributed by atoms with Crippen LogP contribution in [0.5, 0.6) is 0 Å². The van der Waals surface area contributed by atoms with E-state index < -0.39 is 10.0 Å². The van der Waals surface area contributed by atoms with Gasteiger partial charge in [0.1, 0.15) is 0 Å². The van der Waals surface area contributed by atoms with Crippen LogP contribution in [0.15, 0.2) is 23.1 Å². The highest BCUT2D eigenvalue weighted by Gasteiger charge is 2.20. The standard InChI is InChI=1S/C12H19N3O3S/c13-11-7-10(19(14,17)18)5-6-12(11)15-8-1-3-9(16)4-2-8/h5-9,15-16H,1-4,13H2,(H2,14,17,18). The lowest BCUT2D eigenvalue weighted by atomic mass is 9.93. The molecule has 2 rings (SSSR count). The van der Waals surface area contributed by atoms with E-state index in [4.69, 9.17) is 10.9 Å². The first-order chi connectivity index (χ1) is 8.86. The summed E-state index contributed by atoms with van der Waals surface area (Å²) in [5.74, 6) is 0. The lowest BCUT2D eigenvalue weighted by molar-refractivity contribution is 0.126. The van der Waals surface area contributed by atoms with Crippen LogP contribution in [0.4, 0.5) is 11.4 Å². The number of aliphatic hydroxyl groups is 1. The minimum Gasteiger partial charge on any atom is -0.397 e. The van der Waals surface area contributed by atoms with Crippen molar-refractivity contribution in [3.05, 3.63) is 18.2 Å². The van der Waals surface area contributed by atoms with E-state index in [1.54, 1.807) is 6.07 Å². The van der Waals surface area contributed by atoms with Gasteiger partial charge in [0, 0.05) is 6.04 Å². The molecular weight excluding hydrogens is 266 g/mol. The lowest BCUT2D eigenvalue weighted by Gasteiger charge is -2.27. The molecule has 0 radical (unpaired) electrons. The topological polar surface area (TPSA) is 118 Å². The van der Waals surface area contributed by atoms with Crippen molar-refractivity contribution in [3.8, 4) is 0 Å². The predicted molar refractivity (Wildman–Crippen MR) is 74.1 cm³/mol. The van der Waals surface area contributed by atoms with E-state index in [1.807, 2.05) is 0 Å². The van der Waals surface area contributed by atoms with Crippen molar-refractivity contribution in [3.63, 3.8) is 0 Å². The number of aliphatic hydroxyl groups excluding tert-OH is 1. The SMILES string of the molecule is Nc1cc(S(N)(=O)=O)ccc1NC1CCC(O)CC1. The zero-order valence-corrected chi connectivity index (χ0v) is 11.4. The molecule has 0 aliphatic heterocycles. The van der Waals surface area contributed by atoms with E-state index in [2.05, 4.69) is 5.32 Å². The fourth-order valence-corrected chi connectivity index (χ4v) is 2.84. The molecule has 0 atom stereocenters. The van der Waals surface area contributed by atoms with Crippen LogP contribution in [0.2, 0.25) is 0 Å². The van der Waals surface area contributed by atoms with Crippen molar-refractivity contribution in [2.24, 2.45) is 5.14 Å². The Morgan fingerprint density at radius 3 is 2.37 bits per heavy atom. The maximum atomic E-state index is 11.2. The number of nitrogens with one attached hydrogen (secondary N) is 1. The van der Waals surface area contributed by atoms with E-state index in [0.29, 0.717) is 11.4 Å². The molecule has 0 aromatic heterocycles. The number of hydrogen-bond donors (Lipinski definition) is 4. The van der Waals surface area contributed by atoms with Crippen LogP contribution in [-0.4, -0.2) is 25.7 Å². The average Bonchev–Trinajstić information content (AvgIpc) is 2.33. The second kappa shape index (κ2) is 5.36. The first kappa shape index (κ1) is 14.1. The van der Waals surface area contributed by atoms with Gasteiger partial charge in [0.25, 0.3) is 0 Å². The maximum Gasteiger partial charge on any atom is 0.238 e. The number of sulfonamides is 1. The molecule has 0 amide bonds. The van der Waals surface area contributed by atoms with Crippen molar-refractivity contribution in [2.45, 2.75) is 42.7 Å². The van der Waals surface area contributed by atoms with Gasteiger partial charge in [-0.1, -0.05) is 0 Å². The molecule has 1 fully saturated rings. The highest BCUT2D eigenvalue weighted by Crippen LogP contribution is 2.27. The van der Waals surface area contributed by atoms with E-state index >= 15 is 0 Å². The Balaban J connectivity index is 2.09. The fourth-order valence-electron chi connectivity index (χ4n) is 2.29. The zero-order valence-electron chi connectivity index (χ0n) is 10.5. The highest BCUT2D eigenvalue weighted by molar-refractivity contribution is 7.89. The normalized spacial score (nSPS) is 24.1. The van der Waals surface area contributed by atoms with Gasteiger partial charge in [-0.15, -0.1) is 0 Å². The Morgan fingerprint density at radius 2 is 1.84 bits per heavy atom. The van der Waals surface area contributed by atoms with Crippen LogP contribution in [0.3, 0.4) is 0 Å². The second-order valence-electron chi connectivity index (χ2n) is 4.94. The van der Waals surface area contributed by atoms with Crippen molar-refractivity contribution < 1.29 is 13.5 Å². The summed E-state index contributed by atoms with van der Waals surface area (Å²) in [5.41, 5.74) is 6.89. The average molecular weight is 285 g/mol. The van der Waals surface area contributed by atoms with E-state index in [-0.39, 0.29) is 17.0 Å². The molecule has 1 aliphatic carbocycles. The molecular formula is C12H19N3O3S. The number of anilines is 2. The van der Waals surface area contributed by atoms with Crippen LogP contribution >= 0.6 is 0 Å². The molecule has 0 heterocycles. The van der Waals surface area contributed by atoms with Gasteiger partial charge in [0.2, 0.25) is 10.0 Å². The van der Waals surface area contributed by atoms with Crippen molar-refractivity contribution in [1.29, 1.82) is 0 Å². The third-order valence-electron chi connectivity index (χ3n) is 3.41. The number of nitrogens with two attached hydrogens (primary N) is 2. The van der Waals surface area contributed by atoms with Crippen molar-refractivity contribution in [1.82, 2.24) is 0 Å². The summed E-state index contributed by atoms with van der Waals surface area (Å²) in [6.45, 7) is 0. The van der Waals surface area contributed by atoms with Crippen molar-refractivity contribution >= 4 is 21.4 Å². The predicted octanol–water partition coefficient (Wildman–Crippen LogP) is 0.632. The first-order valence-corrected chi connectivity index (χ1v) is 7.78. The molecule has 1 aliphatic rings. The van der Waals surface area contributed by atoms with E-state index in [0.717, 1.165) is 25.7 Å². The molecule has 0 bridgehead atoms. The number of hydrogen-bond acceptors (Lipinski definition) is 5. The van der Waals surface area contributed by atoms with E-state index in [9.17, 15) is 13.5 Å². The summed E-state index contributed by atoms with van der Waals surface area (Å²) in [6.07, 6.45) is 3.08. The molecule has 106 valence electrons. The van der Waals surface area contributed by atoms with Crippen LogP contribution < -0.4 is 16.2 Å². The van der Waals surface area contributed by atoms with Crippen molar-refractivity contribution in [2.75, 3.05) is 11.1 Å². The van der Waals surface area contributed by atoms with Gasteiger partial charge in [0.05, 0.1) is 22.4 Å². The van der Waals surface area contributed by atoms with Crippen LogP contribution in [0, 0.1) is 0 Å². The summed E-state index contributed by atoms with van der Waals surface area (Å²) in [5, 5.41) is 17.8. The Labute approximate surface area is 112 Å². The summed E-state index contributed by atoms with van der Waals surface area (Å²) in [4.78, 5) is 0.00890. The zero-order chi connectivity index (χ0) is 14.0. The van der Waals surface area contributed by atoms with Gasteiger partial charge < -0.3 is 16.2 Å². The van der Waals surface area contributed by atoms with Crippen LogP contribution in [0.25, 0.3) is 0 Å². The molecule has 1 aromatic carbocycles. The number of nitrogen functional groups attached to an aromatic ring is 1. The summed E-state index contributed by atoms with van der Waals surface area (Å²) >= 11 is 0. The summed E-state index contributed by atoms with van der Waals surface area (Å²) < 4.78 is 22.4. The Kier molecular flexibility index (Phi) is 3.98. The van der Waals surface area contributed by atoms with Gasteiger partial charge in [-0.2, -0.15) is 0 Å². The molecule has 6 N–H and O–H groups in total. The quantitative estimate of drug-likeness (QED) is 0.607. The second-order valence-corrected chi connectivity index (χ2v) is 6.51. The molecule has 6 nitrogen and oxygen atoms in total. The maximum absolute atomic E-state index is 11.2. The molecule has 0 saturated heterocycles. The minimum atomic E-state index is -3.72. The minimum absolute atomic E-state index is 0.00890.